The molecule has 2 aliphatic rings. The van der Waals surface area contributed by atoms with Crippen LogP contribution in [0.2, 0.25) is 0 Å². The Kier molecular flexibility index (Phi) is 4.57. The van der Waals surface area contributed by atoms with Gasteiger partial charge in [-0.3, -0.25) is 0 Å². The van der Waals surface area contributed by atoms with Crippen LogP contribution in [0.25, 0.3) is 0 Å². The van der Waals surface area contributed by atoms with E-state index in [4.69, 9.17) is 14.2 Å². The first-order valence-corrected chi connectivity index (χ1v) is 6.36. The van der Waals surface area contributed by atoms with Crippen LogP contribution in [0.5, 0.6) is 0 Å². The summed E-state index contributed by atoms with van der Waals surface area (Å²) >= 11 is 0. The Balaban J connectivity index is 1.79. The Morgan fingerprint density at radius 2 is 1.94 bits per heavy atom. The van der Waals surface area contributed by atoms with Crippen LogP contribution < -0.4 is 0 Å². The van der Waals surface area contributed by atoms with Gasteiger partial charge >= 0.3 is 5.97 Å². The number of rotatable bonds is 3. The van der Waals surface area contributed by atoms with Gasteiger partial charge in [0.1, 0.15) is 12.9 Å². The molecule has 0 aromatic rings. The van der Waals surface area contributed by atoms with E-state index < -0.39 is 0 Å². The molecule has 17 heavy (non-hydrogen) atoms. The van der Waals surface area contributed by atoms with Crippen molar-refractivity contribution in [1.29, 1.82) is 0 Å². The second-order valence-corrected chi connectivity index (χ2v) is 4.66. The lowest BCUT2D eigenvalue weighted by Crippen LogP contribution is -2.31. The molecule has 96 valence electrons. The summed E-state index contributed by atoms with van der Waals surface area (Å²) < 4.78 is 15.8. The third-order valence-electron chi connectivity index (χ3n) is 3.35. The largest absolute Gasteiger partial charge is 0.459 e. The summed E-state index contributed by atoms with van der Waals surface area (Å²) in [6.07, 6.45) is 6.03. The average molecular weight is 240 g/mol. The van der Waals surface area contributed by atoms with Gasteiger partial charge in [0.25, 0.3) is 0 Å². The average Bonchev–Trinajstić information content (AvgIpc) is 2.40. The van der Waals surface area contributed by atoms with Crippen LogP contribution in [0, 0.1) is 0 Å². The second kappa shape index (κ2) is 6.17. The van der Waals surface area contributed by atoms with Crippen molar-refractivity contribution in [3.8, 4) is 0 Å². The molecule has 1 heterocycles. The van der Waals surface area contributed by atoms with Crippen molar-refractivity contribution in [3.05, 3.63) is 12.2 Å². The minimum Gasteiger partial charge on any atom is -0.459 e. The van der Waals surface area contributed by atoms with Gasteiger partial charge in [-0.15, -0.1) is 0 Å². The molecule has 2 fully saturated rings. The molecule has 2 rings (SSSR count). The quantitative estimate of drug-likeness (QED) is 0.560. The van der Waals surface area contributed by atoms with E-state index in [-0.39, 0.29) is 25.0 Å². The molecule has 0 amide bonds. The van der Waals surface area contributed by atoms with Crippen LogP contribution in [-0.4, -0.2) is 31.6 Å². The number of hydrogen-bond donors (Lipinski definition) is 0. The molecule has 0 bridgehead atoms. The lowest BCUT2D eigenvalue weighted by Gasteiger charge is -2.26. The monoisotopic (exact) mass is 240 g/mol. The number of carbonyl (C=O) groups excluding carboxylic acids is 1. The van der Waals surface area contributed by atoms with Gasteiger partial charge in [0.05, 0.1) is 18.3 Å². The Labute approximate surface area is 102 Å². The van der Waals surface area contributed by atoms with E-state index in [0.717, 1.165) is 25.7 Å². The first kappa shape index (κ1) is 12.6. The van der Waals surface area contributed by atoms with Gasteiger partial charge in [-0.25, -0.2) is 4.79 Å². The van der Waals surface area contributed by atoms with Crippen LogP contribution in [0.1, 0.15) is 38.5 Å². The Bertz CT molecular complexity index is 275. The Morgan fingerprint density at radius 3 is 2.59 bits per heavy atom. The fourth-order valence-electron chi connectivity index (χ4n) is 2.28. The molecule has 1 unspecified atom stereocenters. The van der Waals surface area contributed by atoms with Crippen molar-refractivity contribution in [2.24, 2.45) is 0 Å². The zero-order chi connectivity index (χ0) is 12.1. The Hall–Kier alpha value is -0.870. The molecule has 4 nitrogen and oxygen atoms in total. The lowest BCUT2D eigenvalue weighted by atomic mass is 9.97. The zero-order valence-corrected chi connectivity index (χ0v) is 10.2. The van der Waals surface area contributed by atoms with Crippen molar-refractivity contribution < 1.29 is 19.0 Å². The third-order valence-corrected chi connectivity index (χ3v) is 3.35. The smallest absolute Gasteiger partial charge is 0.336 e. The Morgan fingerprint density at radius 1 is 1.18 bits per heavy atom. The minimum absolute atomic E-state index is 0.0767. The van der Waals surface area contributed by atoms with Crippen LogP contribution >= 0.6 is 0 Å². The summed E-state index contributed by atoms with van der Waals surface area (Å²) in [7, 11) is 0. The molecule has 1 aliphatic heterocycles. The highest BCUT2D eigenvalue weighted by molar-refractivity contribution is 5.89. The van der Waals surface area contributed by atoms with Gasteiger partial charge < -0.3 is 14.2 Å². The molecule has 0 N–H and O–H groups in total. The van der Waals surface area contributed by atoms with E-state index in [2.05, 4.69) is 6.58 Å². The molecule has 0 aromatic heterocycles. The highest BCUT2D eigenvalue weighted by atomic mass is 16.7. The summed E-state index contributed by atoms with van der Waals surface area (Å²) in [4.78, 5) is 11.9. The van der Waals surface area contributed by atoms with E-state index in [1.807, 2.05) is 0 Å². The van der Waals surface area contributed by atoms with Gasteiger partial charge in [-0.2, -0.15) is 0 Å². The van der Waals surface area contributed by atoms with Crippen molar-refractivity contribution >= 4 is 5.97 Å². The predicted octanol–water partition coefficient (Wildman–Crippen LogP) is 2.18. The van der Waals surface area contributed by atoms with Gasteiger partial charge in [0, 0.05) is 6.42 Å². The molecule has 1 saturated carbocycles. The highest BCUT2D eigenvalue weighted by Crippen LogP contribution is 2.22. The standard InChI is InChI=1S/C13H20O4/c1-10(12-7-8-15-9-16-12)13(14)17-11-5-3-2-4-6-11/h11-12H,1-9H2. The zero-order valence-electron chi connectivity index (χ0n) is 10.2. The molecule has 1 aliphatic carbocycles. The van der Waals surface area contributed by atoms with Crippen LogP contribution in [0.4, 0.5) is 0 Å². The van der Waals surface area contributed by atoms with Crippen molar-refractivity contribution in [1.82, 2.24) is 0 Å². The summed E-state index contributed by atoms with van der Waals surface area (Å²) in [5, 5.41) is 0. The SMILES string of the molecule is C=C(C(=O)OC1CCCCC1)C1CCOCO1. The minimum atomic E-state index is -0.302. The summed E-state index contributed by atoms with van der Waals surface area (Å²) in [5.41, 5.74) is 0.430. The maximum absolute atomic E-state index is 11.9. The maximum atomic E-state index is 11.9. The fourth-order valence-corrected chi connectivity index (χ4v) is 2.28. The van der Waals surface area contributed by atoms with Crippen molar-refractivity contribution in [3.63, 3.8) is 0 Å². The molecular formula is C13H20O4. The number of hydrogen-bond acceptors (Lipinski definition) is 4. The molecule has 0 radical (unpaired) electrons. The van der Waals surface area contributed by atoms with Gasteiger partial charge in [0.2, 0.25) is 0 Å². The van der Waals surface area contributed by atoms with E-state index in [9.17, 15) is 4.79 Å². The normalized spacial score (nSPS) is 26.5. The number of esters is 1. The maximum Gasteiger partial charge on any atom is 0.336 e. The van der Waals surface area contributed by atoms with Gasteiger partial charge in [0.15, 0.2) is 0 Å². The van der Waals surface area contributed by atoms with E-state index in [0.29, 0.717) is 18.6 Å². The molecule has 1 saturated heterocycles. The third kappa shape index (κ3) is 3.54. The summed E-state index contributed by atoms with van der Waals surface area (Å²) in [6, 6.07) is 0. The van der Waals surface area contributed by atoms with Crippen molar-refractivity contribution in [2.75, 3.05) is 13.4 Å². The topological polar surface area (TPSA) is 44.8 Å². The van der Waals surface area contributed by atoms with E-state index in [1.54, 1.807) is 0 Å². The number of ether oxygens (including phenoxy) is 3. The van der Waals surface area contributed by atoms with Crippen molar-refractivity contribution in [2.45, 2.75) is 50.7 Å². The van der Waals surface area contributed by atoms with Gasteiger partial charge in [-0.1, -0.05) is 13.0 Å². The number of carbonyl (C=O) groups is 1. The molecule has 0 spiro atoms. The summed E-state index contributed by atoms with van der Waals surface area (Å²) in [6.45, 7) is 4.64. The predicted molar refractivity (Wildman–Crippen MR) is 62.4 cm³/mol. The van der Waals surface area contributed by atoms with E-state index in [1.165, 1.54) is 6.42 Å². The molecule has 4 heteroatoms. The van der Waals surface area contributed by atoms with Crippen LogP contribution in [0.3, 0.4) is 0 Å². The first-order chi connectivity index (χ1) is 8.27. The summed E-state index contributed by atoms with van der Waals surface area (Å²) in [5.74, 6) is -0.302. The van der Waals surface area contributed by atoms with Gasteiger partial charge in [-0.05, 0) is 25.7 Å². The highest BCUT2D eigenvalue weighted by Gasteiger charge is 2.26. The molecular weight excluding hydrogens is 220 g/mol. The molecule has 0 aromatic carbocycles. The molecule has 1 atom stereocenters. The fraction of sp³-hybridized carbons (Fsp3) is 0.769. The second-order valence-electron chi connectivity index (χ2n) is 4.66. The van der Waals surface area contributed by atoms with Crippen LogP contribution in [0.15, 0.2) is 12.2 Å². The first-order valence-electron chi connectivity index (χ1n) is 6.36. The van der Waals surface area contributed by atoms with E-state index >= 15 is 0 Å². The lowest BCUT2D eigenvalue weighted by molar-refractivity contribution is -0.154. The van der Waals surface area contributed by atoms with Crippen LogP contribution in [-0.2, 0) is 19.0 Å².